The molecule has 0 aliphatic carbocycles. The molecule has 0 rings (SSSR count). The molecule has 7 heteroatoms. The molecule has 0 aliphatic heterocycles. The molecular weight excluding hydrogens is 203 g/mol. The van der Waals surface area contributed by atoms with E-state index >= 15 is 0 Å². The molecule has 0 spiro atoms. The van der Waals surface area contributed by atoms with Gasteiger partial charge in [-0.05, 0) is 0 Å². The van der Waals surface area contributed by atoms with Crippen molar-refractivity contribution < 1.29 is 0 Å². The van der Waals surface area contributed by atoms with E-state index in [9.17, 15) is 0 Å². The van der Waals surface area contributed by atoms with Gasteiger partial charge < -0.3 is 0 Å². The quantitative estimate of drug-likeness (QED) is 0.472. The summed E-state index contributed by atoms with van der Waals surface area (Å²) < 4.78 is 0. The predicted octanol–water partition coefficient (Wildman–Crippen LogP) is -0.663. The van der Waals surface area contributed by atoms with E-state index in [-0.39, 0.29) is 0 Å². The number of rotatable bonds is 0. The van der Waals surface area contributed by atoms with Crippen LogP contribution in [0.4, 0.5) is 0 Å². The summed E-state index contributed by atoms with van der Waals surface area (Å²) in [6.07, 6.45) is 0. The summed E-state index contributed by atoms with van der Waals surface area (Å²) in [5, 5.41) is 0. The van der Waals surface area contributed by atoms with Crippen LogP contribution in [0.5, 0.6) is 0 Å². The van der Waals surface area contributed by atoms with Crippen LogP contribution in [0.2, 0.25) is 0 Å². The molecule has 0 amide bonds. The van der Waals surface area contributed by atoms with Gasteiger partial charge in [0.1, 0.15) is 0 Å². The molecule has 0 aliphatic rings. The van der Waals surface area contributed by atoms with Crippen LogP contribution in [0.15, 0.2) is 0 Å². The first-order chi connectivity index (χ1) is 3.41. The minimum atomic E-state index is 1.34. The van der Waals surface area contributed by atoms with E-state index in [0.29, 0.717) is 0 Å². The van der Waals surface area contributed by atoms with Crippen molar-refractivity contribution in [3.05, 3.63) is 0 Å². The summed E-state index contributed by atoms with van der Waals surface area (Å²) in [6, 6.07) is 0. The molecule has 0 heterocycles. The Morgan fingerprint density at radius 2 is 1.86 bits per heavy atom. The van der Waals surface area contributed by atoms with Gasteiger partial charge in [-0.3, -0.25) is 0 Å². The summed E-state index contributed by atoms with van der Waals surface area (Å²) in [4.78, 5) is 0. The van der Waals surface area contributed by atoms with Crippen molar-refractivity contribution in [1.82, 2.24) is 0 Å². The van der Waals surface area contributed by atoms with Crippen molar-refractivity contribution in [2.24, 2.45) is 0 Å². The second-order valence-corrected chi connectivity index (χ2v) is 8.41. The van der Waals surface area contributed by atoms with Gasteiger partial charge in [-0.2, -0.15) is 0 Å². The number of hydrogen-bond acceptors (Lipinski definition) is 1. The summed E-state index contributed by atoms with van der Waals surface area (Å²) in [5.41, 5.74) is 0. The molecule has 0 nitrogen and oxygen atoms in total. The molecular formula is HBS6. The first-order valence-corrected chi connectivity index (χ1v) is 8.37. The van der Waals surface area contributed by atoms with Gasteiger partial charge in [0.25, 0.3) is 0 Å². The van der Waals surface area contributed by atoms with Gasteiger partial charge in [0.2, 0.25) is 0 Å². The molecule has 7 heavy (non-hydrogen) atoms. The summed E-state index contributed by atoms with van der Waals surface area (Å²) >= 11 is 4.58. The molecule has 0 saturated heterocycles. The van der Waals surface area contributed by atoms with Gasteiger partial charge in [-0.1, -0.05) is 0 Å². The molecule has 0 bridgehead atoms. The van der Waals surface area contributed by atoms with Gasteiger partial charge in [0, 0.05) is 0 Å². The Hall–Kier alpha value is 1.38. The molecule has 0 aromatic rings. The van der Waals surface area contributed by atoms with Crippen LogP contribution in [0.3, 0.4) is 0 Å². The molecule has 0 radical (unpaired) electrons. The average Bonchev–Trinajstić information content (AvgIpc) is 1.69. The molecule has 0 aromatic carbocycles. The number of hydrogen-bond donors (Lipinski definition) is 0. The molecule has 0 fully saturated rings. The maximum atomic E-state index is 4.58. The van der Waals surface area contributed by atoms with Crippen LogP contribution in [-0.2, 0) is 56.5 Å². The summed E-state index contributed by atoms with van der Waals surface area (Å²) in [5.74, 6) is 0. The zero-order chi connectivity index (χ0) is 5.54. The van der Waals surface area contributed by atoms with Gasteiger partial charge in [-0.15, -0.1) is 0 Å². The Bertz CT molecular complexity index is 187. The van der Waals surface area contributed by atoms with E-state index in [2.05, 4.69) is 17.9 Å². The van der Waals surface area contributed by atoms with E-state index in [0.717, 1.165) is 0 Å². The normalized spacial score (nSPS) is 6.14. The van der Waals surface area contributed by atoms with Crippen LogP contribution in [0.1, 0.15) is 0 Å². The Morgan fingerprint density at radius 3 is 2.29 bits per heavy atom. The Balaban J connectivity index is 4.89. The Labute approximate surface area is 62.6 Å². The molecule has 40 valence electrons. The van der Waals surface area contributed by atoms with Gasteiger partial charge >= 0.3 is 63.2 Å². The molecule has 0 unspecified atom stereocenters. The topological polar surface area (TPSA) is 0 Å². The van der Waals surface area contributed by atoms with E-state index < -0.39 is 0 Å². The van der Waals surface area contributed by atoms with Crippen LogP contribution >= 0.6 is 0 Å². The second kappa shape index (κ2) is 7.38. The van der Waals surface area contributed by atoms with Crippen LogP contribution in [0.25, 0.3) is 0 Å². The molecule has 0 saturated carbocycles. The third-order valence-electron chi connectivity index (χ3n) is 0.131. The van der Waals surface area contributed by atoms with Gasteiger partial charge in [0.15, 0.2) is 0 Å². The standard InChI is InChI=1S/BHS6/c1-3-5-7-6-4-2/h1H. The Morgan fingerprint density at radius 1 is 1.14 bits per heavy atom. The minimum absolute atomic E-state index is 1.34. The monoisotopic (exact) mass is 204 g/mol. The first-order valence-electron chi connectivity index (χ1n) is 1.12. The third kappa shape index (κ3) is 7.38. The van der Waals surface area contributed by atoms with Crippen LogP contribution < -0.4 is 0 Å². The van der Waals surface area contributed by atoms with E-state index in [1.165, 1.54) is 18.6 Å². The van der Waals surface area contributed by atoms with E-state index in [1.54, 1.807) is 26.6 Å². The predicted molar refractivity (Wildman–Crippen MR) is 51.3 cm³/mol. The Kier molecular flexibility index (Phi) is 8.85. The zero-order valence-corrected chi connectivity index (χ0v) is 8.06. The summed E-state index contributed by atoms with van der Waals surface area (Å²) in [6.45, 7) is 3.56. The average molecular weight is 204 g/mol. The molecule has 0 aromatic heterocycles. The first kappa shape index (κ1) is 8.38. The van der Waals surface area contributed by atoms with Gasteiger partial charge in [-0.25, -0.2) is 0 Å². The van der Waals surface area contributed by atoms with Crippen molar-refractivity contribution in [2.45, 2.75) is 0 Å². The molecule has 0 atom stereocenters. The van der Waals surface area contributed by atoms with Crippen LogP contribution in [-0.4, -0.2) is 6.72 Å². The van der Waals surface area contributed by atoms with Crippen molar-refractivity contribution in [2.75, 3.05) is 0 Å². The van der Waals surface area contributed by atoms with Crippen molar-refractivity contribution in [1.29, 1.82) is 0 Å². The fourth-order valence-electron chi connectivity index (χ4n) is 0.0423. The van der Waals surface area contributed by atoms with Gasteiger partial charge in [0.05, 0.1) is 0 Å². The fraction of sp³-hybridized carbons (Fsp3) is 0. The van der Waals surface area contributed by atoms with Crippen molar-refractivity contribution in [3.8, 4) is 0 Å². The second-order valence-electron chi connectivity index (χ2n) is 0.390. The third-order valence-corrected chi connectivity index (χ3v) is 8.05. The SMILES string of the molecule is B=S=S=S=S=S=S. The zero-order valence-electron chi connectivity index (χ0n) is 3.16. The van der Waals surface area contributed by atoms with Crippen molar-refractivity contribution in [3.63, 3.8) is 0 Å². The van der Waals surface area contributed by atoms with E-state index in [4.69, 9.17) is 0 Å². The van der Waals surface area contributed by atoms with Crippen molar-refractivity contribution >= 4 is 63.2 Å². The van der Waals surface area contributed by atoms with E-state index in [1.807, 2.05) is 0 Å². The fourth-order valence-corrected chi connectivity index (χ4v) is 7.10. The molecule has 0 N–H and O–H groups in total. The maximum absolute atomic E-state index is 4.58. The summed E-state index contributed by atoms with van der Waals surface area (Å²) in [7, 11) is 7.69. The van der Waals surface area contributed by atoms with Crippen LogP contribution in [0, 0.1) is 0 Å².